The zero-order chi connectivity index (χ0) is 16.5. The molecule has 0 bridgehead atoms. The van der Waals surface area contributed by atoms with Crippen LogP contribution in [0.15, 0.2) is 17.8 Å². The standard InChI is InChI=1S/C17H23N5OS/c1-18-6-8-22-14-4-7-21(10-12(14)2-3-15(22)23)16-13-5-9-24-17(13)20-11-19-16/h5,9,11-12,14,18H,2-4,6-8,10H2,1H3. The summed E-state index contributed by atoms with van der Waals surface area (Å²) in [7, 11) is 1.94. The summed E-state index contributed by atoms with van der Waals surface area (Å²) in [5, 5.41) is 6.39. The molecule has 1 amide bonds. The van der Waals surface area contributed by atoms with E-state index in [1.54, 1.807) is 17.7 Å². The first-order chi connectivity index (χ1) is 11.8. The monoisotopic (exact) mass is 345 g/mol. The van der Waals surface area contributed by atoms with Gasteiger partial charge in [0.25, 0.3) is 0 Å². The van der Waals surface area contributed by atoms with Crippen LogP contribution >= 0.6 is 11.3 Å². The van der Waals surface area contributed by atoms with E-state index in [0.717, 1.165) is 55.1 Å². The molecule has 128 valence electrons. The van der Waals surface area contributed by atoms with Gasteiger partial charge in [-0.1, -0.05) is 0 Å². The first kappa shape index (κ1) is 15.8. The maximum Gasteiger partial charge on any atom is 0.222 e. The van der Waals surface area contributed by atoms with E-state index < -0.39 is 0 Å². The molecule has 0 aromatic carbocycles. The van der Waals surface area contributed by atoms with Crippen LogP contribution in [0.2, 0.25) is 0 Å². The lowest BCUT2D eigenvalue weighted by molar-refractivity contribution is -0.139. The zero-order valence-electron chi connectivity index (χ0n) is 13.9. The number of nitrogens with zero attached hydrogens (tertiary/aromatic N) is 4. The maximum atomic E-state index is 12.3. The first-order valence-electron chi connectivity index (χ1n) is 8.65. The van der Waals surface area contributed by atoms with Gasteiger partial charge in [-0.05, 0) is 37.3 Å². The van der Waals surface area contributed by atoms with Gasteiger partial charge in [0, 0.05) is 38.6 Å². The van der Waals surface area contributed by atoms with E-state index in [1.807, 2.05) is 7.05 Å². The number of carbonyl (C=O) groups is 1. The average molecular weight is 345 g/mol. The van der Waals surface area contributed by atoms with Gasteiger partial charge >= 0.3 is 0 Å². The van der Waals surface area contributed by atoms with Crippen LogP contribution in [0.3, 0.4) is 0 Å². The molecule has 24 heavy (non-hydrogen) atoms. The van der Waals surface area contributed by atoms with Gasteiger partial charge in [-0.25, -0.2) is 9.97 Å². The fourth-order valence-electron chi connectivity index (χ4n) is 4.10. The second-order valence-corrected chi connectivity index (χ2v) is 7.52. The number of likely N-dealkylation sites (tertiary alicyclic amines) is 1. The summed E-state index contributed by atoms with van der Waals surface area (Å²) in [4.78, 5) is 26.8. The highest BCUT2D eigenvalue weighted by Crippen LogP contribution is 2.35. The van der Waals surface area contributed by atoms with Crippen LogP contribution in [0.4, 0.5) is 5.82 Å². The minimum absolute atomic E-state index is 0.321. The number of hydrogen-bond donors (Lipinski definition) is 1. The molecule has 2 aromatic heterocycles. The first-order valence-corrected chi connectivity index (χ1v) is 9.53. The van der Waals surface area contributed by atoms with Crippen molar-refractivity contribution in [3.63, 3.8) is 0 Å². The summed E-state index contributed by atoms with van der Waals surface area (Å²) >= 11 is 1.66. The molecule has 1 N–H and O–H groups in total. The fourth-order valence-corrected chi connectivity index (χ4v) is 4.82. The maximum absolute atomic E-state index is 12.3. The molecular formula is C17H23N5OS. The van der Waals surface area contributed by atoms with Crippen molar-refractivity contribution < 1.29 is 4.79 Å². The van der Waals surface area contributed by atoms with Crippen molar-refractivity contribution in [1.29, 1.82) is 0 Å². The number of nitrogens with one attached hydrogen (secondary N) is 1. The van der Waals surface area contributed by atoms with Gasteiger partial charge in [-0.15, -0.1) is 11.3 Å². The van der Waals surface area contributed by atoms with Gasteiger partial charge in [0.05, 0.1) is 5.39 Å². The predicted molar refractivity (Wildman–Crippen MR) is 96.4 cm³/mol. The van der Waals surface area contributed by atoms with Crippen molar-refractivity contribution in [3.8, 4) is 0 Å². The van der Waals surface area contributed by atoms with E-state index in [0.29, 0.717) is 24.3 Å². The third-order valence-corrected chi connectivity index (χ3v) is 6.11. The molecule has 2 aromatic rings. The summed E-state index contributed by atoms with van der Waals surface area (Å²) < 4.78 is 0. The topological polar surface area (TPSA) is 61.4 Å². The molecule has 2 fully saturated rings. The number of aromatic nitrogens is 2. The number of piperidine rings is 2. The minimum atomic E-state index is 0.321. The van der Waals surface area contributed by atoms with Crippen LogP contribution in [-0.4, -0.2) is 60.0 Å². The third-order valence-electron chi connectivity index (χ3n) is 5.29. The van der Waals surface area contributed by atoms with Crippen molar-refractivity contribution in [3.05, 3.63) is 17.8 Å². The van der Waals surface area contributed by atoms with Crippen LogP contribution in [0, 0.1) is 5.92 Å². The third kappa shape index (κ3) is 2.75. The van der Waals surface area contributed by atoms with Crippen molar-refractivity contribution in [2.45, 2.75) is 25.3 Å². The number of anilines is 1. The molecule has 6 nitrogen and oxygen atoms in total. The van der Waals surface area contributed by atoms with Gasteiger partial charge in [-0.3, -0.25) is 4.79 Å². The second-order valence-electron chi connectivity index (χ2n) is 6.63. The Labute approximate surface area is 145 Å². The Bertz CT molecular complexity index is 733. The normalized spacial score (nSPS) is 24.5. The summed E-state index contributed by atoms with van der Waals surface area (Å²) in [5.41, 5.74) is 0. The van der Waals surface area contributed by atoms with Crippen molar-refractivity contribution in [2.24, 2.45) is 5.92 Å². The van der Waals surface area contributed by atoms with Crippen LogP contribution in [0.5, 0.6) is 0 Å². The van der Waals surface area contributed by atoms with Gasteiger partial charge < -0.3 is 15.1 Å². The summed E-state index contributed by atoms with van der Waals surface area (Å²) in [6, 6.07) is 2.50. The molecule has 0 radical (unpaired) electrons. The van der Waals surface area contributed by atoms with Crippen LogP contribution in [0.25, 0.3) is 10.2 Å². The largest absolute Gasteiger partial charge is 0.356 e. The SMILES string of the molecule is CNCCN1C(=O)CCC2CN(c3ncnc4sccc34)CCC21. The number of thiophene rings is 1. The molecule has 0 spiro atoms. The smallest absolute Gasteiger partial charge is 0.222 e. The number of carbonyl (C=O) groups excluding carboxylic acids is 1. The second kappa shape index (κ2) is 6.64. The molecule has 4 heterocycles. The van der Waals surface area contributed by atoms with Crippen molar-refractivity contribution in [1.82, 2.24) is 20.2 Å². The number of rotatable bonds is 4. The van der Waals surface area contributed by atoms with Crippen molar-refractivity contribution in [2.75, 3.05) is 38.1 Å². The van der Waals surface area contributed by atoms with Gasteiger partial charge in [0.1, 0.15) is 17.0 Å². The molecule has 0 saturated carbocycles. The molecule has 2 atom stereocenters. The van der Waals surface area contributed by atoms with E-state index in [1.165, 1.54) is 0 Å². The number of amides is 1. The Balaban J connectivity index is 1.54. The molecule has 7 heteroatoms. The van der Waals surface area contributed by atoms with E-state index in [4.69, 9.17) is 0 Å². The molecule has 2 aliphatic rings. The summed E-state index contributed by atoms with van der Waals surface area (Å²) in [6.07, 6.45) is 4.36. The van der Waals surface area contributed by atoms with E-state index >= 15 is 0 Å². The molecule has 0 aliphatic carbocycles. The lowest BCUT2D eigenvalue weighted by Crippen LogP contribution is -2.57. The van der Waals surface area contributed by atoms with Gasteiger partial charge in [0.2, 0.25) is 5.91 Å². The molecule has 2 aliphatic heterocycles. The van der Waals surface area contributed by atoms with E-state index in [-0.39, 0.29) is 0 Å². The molecule has 2 unspecified atom stereocenters. The van der Waals surface area contributed by atoms with Gasteiger partial charge in [-0.2, -0.15) is 0 Å². The molecule has 2 saturated heterocycles. The highest BCUT2D eigenvalue weighted by atomic mass is 32.1. The molecule has 4 rings (SSSR count). The average Bonchev–Trinajstić information content (AvgIpc) is 3.09. The summed E-state index contributed by atoms with van der Waals surface area (Å²) in [5.74, 6) is 1.91. The Kier molecular flexibility index (Phi) is 4.37. The van der Waals surface area contributed by atoms with Crippen LogP contribution in [-0.2, 0) is 4.79 Å². The van der Waals surface area contributed by atoms with Gasteiger partial charge in [0.15, 0.2) is 0 Å². The van der Waals surface area contributed by atoms with Crippen LogP contribution < -0.4 is 10.2 Å². The Morgan fingerprint density at radius 3 is 3.17 bits per heavy atom. The minimum Gasteiger partial charge on any atom is -0.356 e. The Morgan fingerprint density at radius 2 is 2.29 bits per heavy atom. The lowest BCUT2D eigenvalue weighted by Gasteiger charge is -2.47. The molecular weight excluding hydrogens is 322 g/mol. The fraction of sp³-hybridized carbons (Fsp3) is 0.588. The Hall–Kier alpha value is -1.73. The number of fused-ring (bicyclic) bond motifs is 2. The number of likely N-dealkylation sites (N-methyl/N-ethyl adjacent to an activating group) is 1. The summed E-state index contributed by atoms with van der Waals surface area (Å²) in [6.45, 7) is 3.61. The van der Waals surface area contributed by atoms with Crippen molar-refractivity contribution >= 4 is 33.3 Å². The highest BCUT2D eigenvalue weighted by molar-refractivity contribution is 7.16. The highest BCUT2D eigenvalue weighted by Gasteiger charge is 2.39. The number of hydrogen-bond acceptors (Lipinski definition) is 6. The zero-order valence-corrected chi connectivity index (χ0v) is 14.8. The lowest BCUT2D eigenvalue weighted by atomic mass is 9.83. The van der Waals surface area contributed by atoms with Crippen LogP contribution in [0.1, 0.15) is 19.3 Å². The van der Waals surface area contributed by atoms with E-state index in [9.17, 15) is 4.79 Å². The predicted octanol–water partition coefficient (Wildman–Crippen LogP) is 1.73. The van der Waals surface area contributed by atoms with E-state index in [2.05, 4.69) is 36.5 Å². The Morgan fingerprint density at radius 1 is 1.38 bits per heavy atom. The quantitative estimate of drug-likeness (QED) is 0.914.